The summed E-state index contributed by atoms with van der Waals surface area (Å²) in [7, 11) is 4.63. The first-order valence-corrected chi connectivity index (χ1v) is 5.29. The Bertz CT molecular complexity index is 560. The maximum absolute atomic E-state index is 11.3. The average molecular weight is 247 g/mol. The van der Waals surface area contributed by atoms with Crippen molar-refractivity contribution in [2.75, 3.05) is 14.2 Å². The molecule has 0 aliphatic rings. The monoisotopic (exact) mass is 247 g/mol. The van der Waals surface area contributed by atoms with Crippen molar-refractivity contribution in [1.82, 2.24) is 14.8 Å². The molecule has 0 aliphatic heterocycles. The molecule has 94 valence electrons. The lowest BCUT2D eigenvalue weighted by Gasteiger charge is -1.99. The molecule has 1 aromatic heterocycles. The molecule has 2 rings (SSSR count). The molecular weight excluding hydrogens is 234 g/mol. The molecule has 2 aromatic rings. The van der Waals surface area contributed by atoms with E-state index in [9.17, 15) is 4.79 Å². The summed E-state index contributed by atoms with van der Waals surface area (Å²) in [6.07, 6.45) is 0. The van der Waals surface area contributed by atoms with Gasteiger partial charge < -0.3 is 9.47 Å². The first-order valence-electron chi connectivity index (χ1n) is 5.29. The first-order chi connectivity index (χ1) is 8.65. The highest BCUT2D eigenvalue weighted by atomic mass is 16.5. The molecule has 0 amide bonds. The van der Waals surface area contributed by atoms with Gasteiger partial charge in [0.15, 0.2) is 5.82 Å². The van der Waals surface area contributed by atoms with Crippen LogP contribution in [0, 0.1) is 0 Å². The third-order valence-corrected chi connectivity index (χ3v) is 2.47. The molecule has 1 aromatic carbocycles. The van der Waals surface area contributed by atoms with E-state index >= 15 is 0 Å². The van der Waals surface area contributed by atoms with Crippen LogP contribution in [0.1, 0.15) is 10.4 Å². The first kappa shape index (κ1) is 12.1. The highest BCUT2D eigenvalue weighted by molar-refractivity contribution is 5.89. The van der Waals surface area contributed by atoms with Crippen LogP contribution in [0.3, 0.4) is 0 Å². The lowest BCUT2D eigenvalue weighted by atomic mass is 10.1. The second-order valence-corrected chi connectivity index (χ2v) is 3.61. The topological polar surface area (TPSA) is 66.2 Å². The minimum Gasteiger partial charge on any atom is -0.467 e. The molecule has 1 heterocycles. The molecule has 0 saturated carbocycles. The van der Waals surface area contributed by atoms with Crippen LogP contribution >= 0.6 is 0 Å². The predicted molar refractivity (Wildman–Crippen MR) is 64.3 cm³/mol. The third kappa shape index (κ3) is 2.17. The summed E-state index contributed by atoms with van der Waals surface area (Å²) >= 11 is 0. The van der Waals surface area contributed by atoms with Gasteiger partial charge in [0.2, 0.25) is 0 Å². The summed E-state index contributed by atoms with van der Waals surface area (Å²) in [5.74, 6) is 0.180. The van der Waals surface area contributed by atoms with Gasteiger partial charge in [-0.3, -0.25) is 0 Å². The Morgan fingerprint density at radius 3 is 2.39 bits per heavy atom. The van der Waals surface area contributed by atoms with Gasteiger partial charge in [-0.15, -0.1) is 5.10 Å². The zero-order chi connectivity index (χ0) is 13.1. The Balaban J connectivity index is 2.31. The van der Waals surface area contributed by atoms with Gasteiger partial charge in [0, 0.05) is 12.6 Å². The van der Waals surface area contributed by atoms with Gasteiger partial charge in [-0.1, -0.05) is 12.1 Å². The minimum atomic E-state index is -0.367. The van der Waals surface area contributed by atoms with Gasteiger partial charge in [-0.05, 0) is 12.1 Å². The third-order valence-electron chi connectivity index (χ3n) is 2.47. The van der Waals surface area contributed by atoms with Crippen molar-refractivity contribution < 1.29 is 14.3 Å². The maximum Gasteiger partial charge on any atom is 0.337 e. The van der Waals surface area contributed by atoms with E-state index in [2.05, 4.69) is 14.8 Å². The summed E-state index contributed by atoms with van der Waals surface area (Å²) in [6, 6.07) is 7.30. The van der Waals surface area contributed by atoms with E-state index in [0.29, 0.717) is 17.4 Å². The highest BCUT2D eigenvalue weighted by Gasteiger charge is 2.10. The Labute approximate surface area is 104 Å². The number of esters is 1. The second kappa shape index (κ2) is 4.87. The molecule has 0 bridgehead atoms. The number of hydrogen-bond acceptors (Lipinski definition) is 5. The van der Waals surface area contributed by atoms with Crippen molar-refractivity contribution in [1.29, 1.82) is 0 Å². The Kier molecular flexibility index (Phi) is 3.27. The summed E-state index contributed by atoms with van der Waals surface area (Å²) < 4.78 is 11.2. The maximum atomic E-state index is 11.3. The molecular formula is C12H13N3O3. The highest BCUT2D eigenvalue weighted by Crippen LogP contribution is 2.18. The van der Waals surface area contributed by atoms with Crippen LogP contribution in [0.4, 0.5) is 0 Å². The van der Waals surface area contributed by atoms with Crippen LogP contribution in [0.25, 0.3) is 11.4 Å². The van der Waals surface area contributed by atoms with Gasteiger partial charge in [0.1, 0.15) is 0 Å². The van der Waals surface area contributed by atoms with Crippen molar-refractivity contribution in [3.8, 4) is 17.4 Å². The van der Waals surface area contributed by atoms with Crippen molar-refractivity contribution in [2.45, 2.75) is 0 Å². The van der Waals surface area contributed by atoms with E-state index in [4.69, 9.17) is 4.74 Å². The molecule has 0 spiro atoms. The zero-order valence-electron chi connectivity index (χ0n) is 10.4. The zero-order valence-corrected chi connectivity index (χ0v) is 10.4. The largest absolute Gasteiger partial charge is 0.467 e. The number of rotatable bonds is 3. The lowest BCUT2D eigenvalue weighted by molar-refractivity contribution is 0.0601. The number of aryl methyl sites for hydroxylation is 1. The number of carbonyl (C=O) groups excluding carboxylic acids is 1. The fraction of sp³-hybridized carbons (Fsp3) is 0.250. The van der Waals surface area contributed by atoms with E-state index in [1.807, 2.05) is 0 Å². The number of benzene rings is 1. The van der Waals surface area contributed by atoms with E-state index in [0.717, 1.165) is 5.56 Å². The van der Waals surface area contributed by atoms with Crippen molar-refractivity contribution in [2.24, 2.45) is 7.05 Å². The Hall–Kier alpha value is -2.37. The normalized spacial score (nSPS) is 10.2. The molecule has 6 nitrogen and oxygen atoms in total. The number of hydrogen-bond donors (Lipinski definition) is 0. The van der Waals surface area contributed by atoms with Crippen molar-refractivity contribution in [3.05, 3.63) is 29.8 Å². The van der Waals surface area contributed by atoms with Gasteiger partial charge in [0.05, 0.1) is 19.8 Å². The van der Waals surface area contributed by atoms with Crippen molar-refractivity contribution >= 4 is 5.97 Å². The fourth-order valence-corrected chi connectivity index (χ4v) is 1.54. The number of methoxy groups -OCH3 is 2. The molecule has 0 N–H and O–H groups in total. The van der Waals surface area contributed by atoms with Crippen LogP contribution in [0.2, 0.25) is 0 Å². The molecule has 18 heavy (non-hydrogen) atoms. The Morgan fingerprint density at radius 2 is 1.89 bits per heavy atom. The van der Waals surface area contributed by atoms with Gasteiger partial charge in [0.25, 0.3) is 0 Å². The number of nitrogens with zero attached hydrogens (tertiary/aromatic N) is 3. The van der Waals surface area contributed by atoms with Crippen LogP contribution in [0.5, 0.6) is 6.01 Å². The molecule has 0 radical (unpaired) electrons. The van der Waals surface area contributed by atoms with Crippen LogP contribution in [-0.2, 0) is 11.8 Å². The summed E-state index contributed by atoms with van der Waals surface area (Å²) in [5, 5.41) is 4.21. The van der Waals surface area contributed by atoms with Crippen molar-refractivity contribution in [3.63, 3.8) is 0 Å². The van der Waals surface area contributed by atoms with E-state index in [1.165, 1.54) is 14.2 Å². The SMILES string of the molecule is COC(=O)c1ccc(-c2nc(OC)n(C)n2)cc1. The second-order valence-electron chi connectivity index (χ2n) is 3.61. The molecule has 0 fully saturated rings. The standard InChI is InChI=1S/C12H13N3O3/c1-15-12(18-3)13-10(14-15)8-4-6-9(7-5-8)11(16)17-2/h4-7H,1-3H3. The fourth-order valence-electron chi connectivity index (χ4n) is 1.54. The minimum absolute atomic E-state index is 0.367. The van der Waals surface area contributed by atoms with Gasteiger partial charge in [-0.2, -0.15) is 4.98 Å². The average Bonchev–Trinajstić information content (AvgIpc) is 2.79. The number of ether oxygens (including phenoxy) is 2. The molecule has 0 saturated heterocycles. The molecule has 0 unspecified atom stereocenters. The summed E-state index contributed by atoms with van der Waals surface area (Å²) in [4.78, 5) is 15.5. The molecule has 6 heteroatoms. The summed E-state index contributed by atoms with van der Waals surface area (Å²) in [5.41, 5.74) is 1.30. The van der Waals surface area contributed by atoms with Gasteiger partial charge in [-0.25, -0.2) is 9.48 Å². The predicted octanol–water partition coefficient (Wildman–Crippen LogP) is 1.28. The van der Waals surface area contributed by atoms with Crippen LogP contribution in [-0.4, -0.2) is 35.0 Å². The molecule has 0 aliphatic carbocycles. The van der Waals surface area contributed by atoms with Crippen LogP contribution in [0.15, 0.2) is 24.3 Å². The lowest BCUT2D eigenvalue weighted by Crippen LogP contribution is -2.00. The van der Waals surface area contributed by atoms with E-state index < -0.39 is 0 Å². The smallest absolute Gasteiger partial charge is 0.337 e. The molecule has 0 atom stereocenters. The van der Waals surface area contributed by atoms with Crippen LogP contribution < -0.4 is 4.74 Å². The number of carbonyl (C=O) groups is 1. The van der Waals surface area contributed by atoms with E-state index in [1.54, 1.807) is 36.0 Å². The van der Waals surface area contributed by atoms with Gasteiger partial charge >= 0.3 is 12.0 Å². The quantitative estimate of drug-likeness (QED) is 0.764. The van der Waals surface area contributed by atoms with E-state index in [-0.39, 0.29) is 5.97 Å². The Morgan fingerprint density at radius 1 is 1.22 bits per heavy atom. The summed E-state index contributed by atoms with van der Waals surface area (Å²) in [6.45, 7) is 0. The number of aromatic nitrogens is 3.